The van der Waals surface area contributed by atoms with Gasteiger partial charge >= 0.3 is 0 Å². The van der Waals surface area contributed by atoms with E-state index in [0.717, 1.165) is 24.4 Å². The molecule has 1 aliphatic heterocycles. The van der Waals surface area contributed by atoms with Gasteiger partial charge in [0.2, 0.25) is 0 Å². The minimum absolute atomic E-state index is 0.473. The molecule has 1 fully saturated rings. The summed E-state index contributed by atoms with van der Waals surface area (Å²) in [4.78, 5) is 2.57. The van der Waals surface area contributed by atoms with Gasteiger partial charge in [-0.3, -0.25) is 4.90 Å². The largest absolute Gasteiger partial charge is 0.459 e. The van der Waals surface area contributed by atoms with Gasteiger partial charge in [-0.15, -0.1) is 0 Å². The molecule has 0 spiro atoms. The summed E-state index contributed by atoms with van der Waals surface area (Å²) in [5, 5.41) is 4.77. The second-order valence-electron chi connectivity index (χ2n) is 6.37. The van der Waals surface area contributed by atoms with Crippen molar-refractivity contribution < 1.29 is 4.42 Å². The van der Waals surface area contributed by atoms with Crippen molar-refractivity contribution in [1.82, 2.24) is 10.2 Å². The van der Waals surface area contributed by atoms with Crippen LogP contribution in [0.5, 0.6) is 0 Å². The molecule has 0 radical (unpaired) electrons. The summed E-state index contributed by atoms with van der Waals surface area (Å²) in [6, 6.07) is 8.90. The second kappa shape index (κ2) is 6.63. The Morgan fingerprint density at radius 1 is 1.14 bits per heavy atom. The Labute approximate surface area is 127 Å². The van der Waals surface area contributed by atoms with Crippen molar-refractivity contribution in [3.8, 4) is 0 Å². The Balaban J connectivity index is 1.87. The minimum Gasteiger partial charge on any atom is -0.459 e. The van der Waals surface area contributed by atoms with Gasteiger partial charge < -0.3 is 9.73 Å². The number of benzene rings is 1. The molecule has 1 aliphatic rings. The second-order valence-corrected chi connectivity index (χ2v) is 6.37. The van der Waals surface area contributed by atoms with Crippen molar-refractivity contribution in [2.45, 2.75) is 52.2 Å². The first kappa shape index (κ1) is 14.6. The zero-order valence-corrected chi connectivity index (χ0v) is 13.2. The van der Waals surface area contributed by atoms with Crippen LogP contribution in [0, 0.1) is 0 Å². The summed E-state index contributed by atoms with van der Waals surface area (Å²) < 4.78 is 6.10. The predicted molar refractivity (Wildman–Crippen MR) is 87.3 cm³/mol. The maximum absolute atomic E-state index is 6.10. The summed E-state index contributed by atoms with van der Waals surface area (Å²) in [6.45, 7) is 8.62. The SMILES string of the molecule is CC(C)NCc1oc2ccccc2c1CN1CCCCC1. The Morgan fingerprint density at radius 2 is 1.90 bits per heavy atom. The molecule has 1 N–H and O–H groups in total. The van der Waals surface area contributed by atoms with Crippen LogP contribution in [0.3, 0.4) is 0 Å². The van der Waals surface area contributed by atoms with E-state index in [1.54, 1.807) is 0 Å². The van der Waals surface area contributed by atoms with Crippen LogP contribution in [0.2, 0.25) is 0 Å². The topological polar surface area (TPSA) is 28.4 Å². The molecule has 1 aromatic carbocycles. The smallest absolute Gasteiger partial charge is 0.134 e. The first-order chi connectivity index (χ1) is 10.2. The zero-order chi connectivity index (χ0) is 14.7. The molecular formula is C18H26N2O. The highest BCUT2D eigenvalue weighted by atomic mass is 16.3. The number of fused-ring (bicyclic) bond motifs is 1. The normalized spacial score (nSPS) is 16.9. The van der Waals surface area contributed by atoms with Crippen molar-refractivity contribution >= 4 is 11.0 Å². The molecule has 1 saturated heterocycles. The third-order valence-electron chi connectivity index (χ3n) is 4.28. The van der Waals surface area contributed by atoms with Gasteiger partial charge in [-0.05, 0) is 32.0 Å². The minimum atomic E-state index is 0.473. The number of likely N-dealkylation sites (tertiary alicyclic amines) is 1. The lowest BCUT2D eigenvalue weighted by atomic mass is 10.1. The lowest BCUT2D eigenvalue weighted by Gasteiger charge is -2.26. The highest BCUT2D eigenvalue weighted by molar-refractivity contribution is 5.82. The molecule has 3 rings (SSSR count). The third-order valence-corrected chi connectivity index (χ3v) is 4.28. The van der Waals surface area contributed by atoms with E-state index in [2.05, 4.69) is 48.3 Å². The first-order valence-corrected chi connectivity index (χ1v) is 8.19. The molecule has 114 valence electrons. The highest BCUT2D eigenvalue weighted by Gasteiger charge is 2.18. The average Bonchev–Trinajstić information content (AvgIpc) is 2.84. The molecule has 0 saturated carbocycles. The van der Waals surface area contributed by atoms with Crippen molar-refractivity contribution in [3.05, 3.63) is 35.6 Å². The van der Waals surface area contributed by atoms with E-state index in [4.69, 9.17) is 4.42 Å². The van der Waals surface area contributed by atoms with E-state index in [0.29, 0.717) is 6.04 Å². The summed E-state index contributed by atoms with van der Waals surface area (Å²) in [5.74, 6) is 1.11. The van der Waals surface area contributed by atoms with Crippen LogP contribution in [0.15, 0.2) is 28.7 Å². The van der Waals surface area contributed by atoms with Crippen LogP contribution in [-0.2, 0) is 13.1 Å². The maximum Gasteiger partial charge on any atom is 0.134 e. The Morgan fingerprint density at radius 3 is 2.67 bits per heavy atom. The number of hydrogen-bond donors (Lipinski definition) is 1. The molecule has 0 atom stereocenters. The van der Waals surface area contributed by atoms with E-state index in [1.807, 2.05) is 0 Å². The Bertz CT molecular complexity index is 582. The fourth-order valence-corrected chi connectivity index (χ4v) is 3.10. The number of nitrogens with one attached hydrogen (secondary N) is 1. The van der Waals surface area contributed by atoms with Crippen molar-refractivity contribution in [2.75, 3.05) is 13.1 Å². The van der Waals surface area contributed by atoms with E-state index in [9.17, 15) is 0 Å². The molecule has 2 heterocycles. The van der Waals surface area contributed by atoms with Crippen LogP contribution >= 0.6 is 0 Å². The van der Waals surface area contributed by atoms with Gasteiger partial charge in [-0.1, -0.05) is 38.5 Å². The van der Waals surface area contributed by atoms with Gasteiger partial charge in [0.15, 0.2) is 0 Å². The van der Waals surface area contributed by atoms with Crippen LogP contribution in [0.25, 0.3) is 11.0 Å². The van der Waals surface area contributed by atoms with E-state index >= 15 is 0 Å². The van der Waals surface area contributed by atoms with E-state index in [-0.39, 0.29) is 0 Å². The van der Waals surface area contributed by atoms with Crippen LogP contribution in [0.4, 0.5) is 0 Å². The van der Waals surface area contributed by atoms with Crippen LogP contribution in [-0.4, -0.2) is 24.0 Å². The number of piperidine rings is 1. The molecular weight excluding hydrogens is 260 g/mol. The predicted octanol–water partition coefficient (Wildman–Crippen LogP) is 3.92. The number of furan rings is 1. The monoisotopic (exact) mass is 286 g/mol. The Kier molecular flexibility index (Phi) is 4.61. The standard InChI is InChI=1S/C18H26N2O/c1-14(2)19-12-18-16(13-20-10-6-3-7-11-20)15-8-4-5-9-17(15)21-18/h4-5,8-9,14,19H,3,6-7,10-13H2,1-2H3. The molecule has 0 bridgehead atoms. The fourth-order valence-electron chi connectivity index (χ4n) is 3.10. The van der Waals surface area contributed by atoms with Crippen molar-refractivity contribution in [3.63, 3.8) is 0 Å². The molecule has 2 aromatic rings. The number of hydrogen-bond acceptors (Lipinski definition) is 3. The van der Waals surface area contributed by atoms with Gasteiger partial charge in [-0.25, -0.2) is 0 Å². The van der Waals surface area contributed by atoms with Gasteiger partial charge in [0.1, 0.15) is 11.3 Å². The van der Waals surface area contributed by atoms with Crippen molar-refractivity contribution in [1.29, 1.82) is 0 Å². The maximum atomic E-state index is 6.10. The molecule has 3 heteroatoms. The molecule has 21 heavy (non-hydrogen) atoms. The number of rotatable bonds is 5. The van der Waals surface area contributed by atoms with E-state index in [1.165, 1.54) is 43.3 Å². The quantitative estimate of drug-likeness (QED) is 0.903. The first-order valence-electron chi connectivity index (χ1n) is 8.19. The number of para-hydroxylation sites is 1. The molecule has 0 aliphatic carbocycles. The number of nitrogens with zero attached hydrogens (tertiary/aromatic N) is 1. The third kappa shape index (κ3) is 3.47. The summed E-state index contributed by atoms with van der Waals surface area (Å²) >= 11 is 0. The molecule has 1 aromatic heterocycles. The van der Waals surface area contributed by atoms with Gasteiger partial charge in [-0.2, -0.15) is 0 Å². The highest BCUT2D eigenvalue weighted by Crippen LogP contribution is 2.28. The molecule has 3 nitrogen and oxygen atoms in total. The van der Waals surface area contributed by atoms with Crippen molar-refractivity contribution in [2.24, 2.45) is 0 Å². The Hall–Kier alpha value is -1.32. The molecule has 0 amide bonds. The lowest BCUT2D eigenvalue weighted by molar-refractivity contribution is 0.220. The van der Waals surface area contributed by atoms with Gasteiger partial charge in [0, 0.05) is 23.5 Å². The van der Waals surface area contributed by atoms with E-state index < -0.39 is 0 Å². The summed E-state index contributed by atoms with van der Waals surface area (Å²) in [6.07, 6.45) is 4.04. The van der Waals surface area contributed by atoms with Gasteiger partial charge in [0.25, 0.3) is 0 Å². The van der Waals surface area contributed by atoms with Gasteiger partial charge in [0.05, 0.1) is 6.54 Å². The fraction of sp³-hybridized carbons (Fsp3) is 0.556. The van der Waals surface area contributed by atoms with Crippen LogP contribution in [0.1, 0.15) is 44.4 Å². The summed E-state index contributed by atoms with van der Waals surface area (Å²) in [7, 11) is 0. The lowest BCUT2D eigenvalue weighted by Crippen LogP contribution is -2.30. The zero-order valence-electron chi connectivity index (χ0n) is 13.2. The average molecular weight is 286 g/mol. The molecule has 0 unspecified atom stereocenters. The van der Waals surface area contributed by atoms with Crippen LogP contribution < -0.4 is 5.32 Å². The summed E-state index contributed by atoms with van der Waals surface area (Å²) in [5.41, 5.74) is 2.39.